The number of hydrogen-bond donors (Lipinski definition) is 1. The van der Waals surface area contributed by atoms with E-state index in [9.17, 15) is 24.0 Å². The zero-order valence-electron chi connectivity index (χ0n) is 40.0. The van der Waals surface area contributed by atoms with E-state index in [0.29, 0.717) is 45.1 Å². The van der Waals surface area contributed by atoms with E-state index in [-0.39, 0.29) is 48.5 Å². The minimum atomic E-state index is -0.896. The van der Waals surface area contributed by atoms with Crippen LogP contribution in [0.5, 0.6) is 0 Å². The largest absolute Gasteiger partial charge is 0.467 e. The molecule has 1 aromatic carbocycles. The van der Waals surface area contributed by atoms with E-state index in [0.717, 1.165) is 18.4 Å². The van der Waals surface area contributed by atoms with Gasteiger partial charge in [0.15, 0.2) is 5.96 Å². The van der Waals surface area contributed by atoms with E-state index in [1.54, 1.807) is 35.8 Å². The topological polar surface area (TPSA) is 163 Å². The number of hydrogen-bond acceptors (Lipinski definition) is 10. The van der Waals surface area contributed by atoms with Crippen molar-refractivity contribution in [3.63, 3.8) is 0 Å². The third kappa shape index (κ3) is 14.0. The van der Waals surface area contributed by atoms with Gasteiger partial charge in [0.25, 0.3) is 0 Å². The summed E-state index contributed by atoms with van der Waals surface area (Å²) < 4.78 is 22.7. The number of aliphatic imine (C=N–C) groups is 1. The van der Waals surface area contributed by atoms with Crippen LogP contribution in [-0.2, 0) is 44.5 Å². The van der Waals surface area contributed by atoms with Gasteiger partial charge in [-0.15, -0.1) is 0 Å². The van der Waals surface area contributed by atoms with Gasteiger partial charge in [-0.05, 0) is 51.0 Å². The Kier molecular flexibility index (Phi) is 20.0. The SMILES string of the molecule is CC[C@H](C)[C@@H]([C@H](CC(=O)N1CCC[C@H]1[C@H](OC)[C@@H](C)C(=O)N[C@@H](Cc1ccccc1)C(=O)OC)OC)N(C)C(=O)[C@@H](/N=C(/N(C)C)N1CCN(C(=O)OC(C)(C)C)CC1)C(C)C. The Balaban J connectivity index is 1.80. The highest BCUT2D eigenvalue weighted by molar-refractivity contribution is 5.88. The van der Waals surface area contributed by atoms with Crippen LogP contribution in [0.2, 0.25) is 0 Å². The highest BCUT2D eigenvalue weighted by atomic mass is 16.6. The van der Waals surface area contributed by atoms with Crippen LogP contribution in [0.1, 0.15) is 86.6 Å². The molecule has 8 atom stereocenters. The van der Waals surface area contributed by atoms with Gasteiger partial charge in [0.1, 0.15) is 17.7 Å². The molecule has 16 heteroatoms. The summed E-state index contributed by atoms with van der Waals surface area (Å²) in [5.74, 6) is -1.49. The second kappa shape index (κ2) is 23.9. The molecular weight excluding hydrogens is 795 g/mol. The second-order valence-electron chi connectivity index (χ2n) is 18.3. The summed E-state index contributed by atoms with van der Waals surface area (Å²) in [5.41, 5.74) is 0.286. The summed E-state index contributed by atoms with van der Waals surface area (Å²) >= 11 is 0. The van der Waals surface area contributed by atoms with Crippen molar-refractivity contribution in [3.05, 3.63) is 35.9 Å². The van der Waals surface area contributed by atoms with Gasteiger partial charge in [0, 0.05) is 74.5 Å². The molecule has 4 amide bonds. The number of guanidine groups is 1. The maximum atomic E-state index is 14.7. The van der Waals surface area contributed by atoms with Crippen molar-refractivity contribution < 1.29 is 42.9 Å². The number of nitrogens with zero attached hydrogens (tertiary/aromatic N) is 6. The predicted molar refractivity (Wildman–Crippen MR) is 239 cm³/mol. The van der Waals surface area contributed by atoms with Crippen LogP contribution in [0, 0.1) is 17.8 Å². The minimum absolute atomic E-state index is 0.0125. The van der Waals surface area contributed by atoms with Crippen LogP contribution >= 0.6 is 0 Å². The zero-order chi connectivity index (χ0) is 46.5. The first-order valence-electron chi connectivity index (χ1n) is 22.2. The Bertz CT molecular complexity index is 1640. The minimum Gasteiger partial charge on any atom is -0.467 e. The molecule has 2 aliphatic rings. The lowest BCUT2D eigenvalue weighted by molar-refractivity contribution is -0.148. The molecule has 62 heavy (non-hydrogen) atoms. The van der Waals surface area contributed by atoms with Crippen molar-refractivity contribution in [1.82, 2.24) is 29.8 Å². The van der Waals surface area contributed by atoms with Crippen LogP contribution in [-0.4, -0.2) is 177 Å². The normalized spacial score (nSPS) is 19.5. The molecule has 350 valence electrons. The number of nitrogens with one attached hydrogen (secondary N) is 1. The van der Waals surface area contributed by atoms with Crippen molar-refractivity contribution in [2.75, 3.05) is 75.2 Å². The fourth-order valence-electron chi connectivity index (χ4n) is 8.51. The Labute approximate surface area is 371 Å². The number of carbonyl (C=O) groups excluding carboxylic acids is 5. The van der Waals surface area contributed by atoms with E-state index >= 15 is 0 Å². The van der Waals surface area contributed by atoms with Crippen LogP contribution in [0.3, 0.4) is 0 Å². The lowest BCUT2D eigenvalue weighted by Gasteiger charge is -2.41. The number of amides is 4. The van der Waals surface area contributed by atoms with Crippen LogP contribution in [0.15, 0.2) is 35.3 Å². The number of benzene rings is 1. The van der Waals surface area contributed by atoms with Gasteiger partial charge < -0.3 is 48.8 Å². The summed E-state index contributed by atoms with van der Waals surface area (Å²) in [4.78, 5) is 82.6. The summed E-state index contributed by atoms with van der Waals surface area (Å²) in [7, 11) is 9.97. The van der Waals surface area contributed by atoms with Gasteiger partial charge in [-0.3, -0.25) is 14.4 Å². The fourth-order valence-corrected chi connectivity index (χ4v) is 8.51. The third-order valence-electron chi connectivity index (χ3n) is 12.1. The molecule has 0 spiro atoms. The Morgan fingerprint density at radius 3 is 2.02 bits per heavy atom. The molecule has 0 radical (unpaired) electrons. The summed E-state index contributed by atoms with van der Waals surface area (Å²) in [6, 6.07) is 6.92. The number of piperazine rings is 1. The molecule has 16 nitrogen and oxygen atoms in total. The van der Waals surface area contributed by atoms with E-state index in [2.05, 4.69) is 24.1 Å². The maximum Gasteiger partial charge on any atom is 0.410 e. The number of methoxy groups -OCH3 is 3. The van der Waals surface area contributed by atoms with Crippen molar-refractivity contribution >= 4 is 35.7 Å². The molecule has 0 unspecified atom stereocenters. The van der Waals surface area contributed by atoms with E-state index in [1.165, 1.54) is 14.2 Å². The van der Waals surface area contributed by atoms with E-state index in [1.807, 2.05) is 83.9 Å². The molecule has 2 aliphatic heterocycles. The first-order chi connectivity index (χ1) is 29.2. The summed E-state index contributed by atoms with van der Waals surface area (Å²) in [6.45, 7) is 17.8. The molecule has 0 aliphatic carbocycles. The van der Waals surface area contributed by atoms with Crippen molar-refractivity contribution in [3.8, 4) is 0 Å². The molecule has 2 fully saturated rings. The van der Waals surface area contributed by atoms with Gasteiger partial charge in [-0.25, -0.2) is 14.6 Å². The first-order valence-corrected chi connectivity index (χ1v) is 22.2. The van der Waals surface area contributed by atoms with E-state index in [4.69, 9.17) is 23.9 Å². The van der Waals surface area contributed by atoms with Gasteiger partial charge in [-0.2, -0.15) is 0 Å². The Morgan fingerprint density at radius 2 is 1.50 bits per heavy atom. The molecule has 0 aromatic heterocycles. The third-order valence-corrected chi connectivity index (χ3v) is 12.1. The smallest absolute Gasteiger partial charge is 0.410 e. The maximum absolute atomic E-state index is 14.7. The average molecular weight is 872 g/mol. The number of likely N-dealkylation sites (tertiary alicyclic amines) is 1. The monoisotopic (exact) mass is 872 g/mol. The Morgan fingerprint density at radius 1 is 0.887 bits per heavy atom. The summed E-state index contributed by atoms with van der Waals surface area (Å²) in [5, 5.41) is 2.87. The zero-order valence-corrected chi connectivity index (χ0v) is 40.0. The Hall–Kier alpha value is -4.44. The number of ether oxygens (including phenoxy) is 4. The second-order valence-corrected chi connectivity index (χ2v) is 18.3. The number of rotatable bonds is 18. The van der Waals surface area contributed by atoms with Crippen LogP contribution in [0.4, 0.5) is 4.79 Å². The van der Waals surface area contributed by atoms with Crippen molar-refractivity contribution in [2.24, 2.45) is 22.7 Å². The highest BCUT2D eigenvalue weighted by Gasteiger charge is 2.43. The van der Waals surface area contributed by atoms with Gasteiger partial charge in [-0.1, -0.05) is 71.4 Å². The fraction of sp³-hybridized carbons (Fsp3) is 0.739. The molecule has 2 saturated heterocycles. The standard InChI is InChI=1S/C46H77N7O9/c1-15-31(4)39(50(11)42(56)38(30(2)3)48-44(49(9)10)51-24-26-52(27-25-51)45(58)62-46(6,7)8)36(59-12)29-37(54)53-23-19-22-35(53)40(60-13)32(5)41(55)47-34(43(57)61-14)28-33-20-17-16-18-21-33/h16-18,20-21,30-32,34-36,38-40H,15,19,22-29H2,1-14H3,(H,47,55)/b48-44-/t31-,32+,34-,35-,36-,38-,39-,40+/m0/s1. The molecule has 1 N–H and O–H groups in total. The lowest BCUT2D eigenvalue weighted by atomic mass is 9.89. The summed E-state index contributed by atoms with van der Waals surface area (Å²) in [6.07, 6.45) is 0.738. The number of esters is 1. The lowest BCUT2D eigenvalue weighted by Crippen LogP contribution is -2.56. The quantitative estimate of drug-likeness (QED) is 0.127. The molecule has 0 bridgehead atoms. The van der Waals surface area contributed by atoms with Gasteiger partial charge >= 0.3 is 12.1 Å². The molecule has 3 rings (SSSR count). The van der Waals surface area contributed by atoms with Crippen LogP contribution in [0.25, 0.3) is 0 Å². The highest BCUT2D eigenvalue weighted by Crippen LogP contribution is 2.30. The molecular formula is C46H77N7O9. The van der Waals surface area contributed by atoms with Gasteiger partial charge in [0.05, 0.1) is 43.7 Å². The van der Waals surface area contributed by atoms with Crippen molar-refractivity contribution in [1.29, 1.82) is 0 Å². The van der Waals surface area contributed by atoms with Crippen molar-refractivity contribution in [2.45, 2.75) is 129 Å². The average Bonchev–Trinajstić information content (AvgIpc) is 3.72. The predicted octanol–water partition coefficient (Wildman–Crippen LogP) is 4.30. The molecule has 2 heterocycles. The van der Waals surface area contributed by atoms with Gasteiger partial charge in [0.2, 0.25) is 17.7 Å². The van der Waals surface area contributed by atoms with Crippen LogP contribution < -0.4 is 5.32 Å². The molecule has 0 saturated carbocycles. The number of likely N-dealkylation sites (N-methyl/N-ethyl adjacent to an activating group) is 1. The first kappa shape index (κ1) is 51.9. The molecule has 1 aromatic rings. The van der Waals surface area contributed by atoms with E-state index < -0.39 is 53.9 Å². The number of carbonyl (C=O) groups is 5.